The molecule has 0 saturated carbocycles. The Hall–Kier alpha value is -4.14. The number of halogens is 3. The molecular formula is C23H22F3N5O6S. The highest BCUT2D eigenvalue weighted by molar-refractivity contribution is 7.99. The van der Waals surface area contributed by atoms with Crippen molar-refractivity contribution in [3.05, 3.63) is 58.4 Å². The van der Waals surface area contributed by atoms with Gasteiger partial charge in [-0.3, -0.25) is 14.4 Å². The molecule has 2 atom stereocenters. The molecule has 3 aromatic rings. The lowest BCUT2D eigenvalue weighted by atomic mass is 10.1. The normalized spacial score (nSPS) is 13.0. The summed E-state index contributed by atoms with van der Waals surface area (Å²) in [6.45, 7) is 2.30. The maximum atomic E-state index is 13.1. The fourth-order valence-corrected chi connectivity index (χ4v) is 4.45. The summed E-state index contributed by atoms with van der Waals surface area (Å²) in [4.78, 5) is 48.8. The monoisotopic (exact) mass is 553 g/mol. The molecule has 1 unspecified atom stereocenters. The Labute approximate surface area is 217 Å². The fourth-order valence-electron chi connectivity index (χ4n) is 3.37. The zero-order chi connectivity index (χ0) is 28.0. The van der Waals surface area contributed by atoms with E-state index in [1.807, 2.05) is 0 Å². The number of rotatable bonds is 10. The Bertz CT molecular complexity index is 1400. The molecule has 1 heterocycles. The number of ether oxygens (including phenoxy) is 1. The number of aromatic nitrogens is 3. The number of alkyl halides is 3. The Morgan fingerprint density at radius 1 is 1.13 bits per heavy atom. The van der Waals surface area contributed by atoms with Crippen molar-refractivity contribution in [2.24, 2.45) is 0 Å². The van der Waals surface area contributed by atoms with Gasteiger partial charge in [-0.2, -0.15) is 0 Å². The molecule has 38 heavy (non-hydrogen) atoms. The summed E-state index contributed by atoms with van der Waals surface area (Å²) in [7, 11) is 0. The van der Waals surface area contributed by atoms with E-state index in [1.54, 1.807) is 19.1 Å². The van der Waals surface area contributed by atoms with Crippen LogP contribution < -0.4 is 20.9 Å². The van der Waals surface area contributed by atoms with E-state index in [4.69, 9.17) is 0 Å². The molecular weight excluding hydrogens is 531 g/mol. The van der Waals surface area contributed by atoms with Crippen LogP contribution >= 0.6 is 11.8 Å². The van der Waals surface area contributed by atoms with E-state index in [0.29, 0.717) is 10.5 Å². The van der Waals surface area contributed by atoms with Gasteiger partial charge < -0.3 is 20.5 Å². The van der Waals surface area contributed by atoms with Gasteiger partial charge in [-0.05, 0) is 36.8 Å². The number of thioether (sulfide) groups is 1. The number of carboxylic acid groups (broad SMARTS) is 1. The number of nitrogens with zero attached hydrogens (tertiary/aromatic N) is 3. The highest BCUT2D eigenvalue weighted by Gasteiger charge is 2.31. The average Bonchev–Trinajstić information content (AvgIpc) is 2.82. The predicted molar refractivity (Wildman–Crippen MR) is 129 cm³/mol. The highest BCUT2D eigenvalue weighted by atomic mass is 32.2. The van der Waals surface area contributed by atoms with Gasteiger partial charge in [0.15, 0.2) is 0 Å². The number of fused-ring (bicyclic) bond motifs is 1. The van der Waals surface area contributed by atoms with E-state index in [0.717, 1.165) is 28.6 Å². The third kappa shape index (κ3) is 7.68. The van der Waals surface area contributed by atoms with Gasteiger partial charge in [0.2, 0.25) is 11.8 Å². The van der Waals surface area contributed by atoms with Crippen LogP contribution in [0.25, 0.3) is 10.9 Å². The van der Waals surface area contributed by atoms with Crippen LogP contribution in [0.4, 0.5) is 13.2 Å². The minimum absolute atomic E-state index is 0.0689. The SMILES string of the molecule is CC(=O)NC(CSc1cccc2nnn(CC(=O)N[C@@H](C)c3ccc(OC(F)(F)F)cc3)c(=O)c12)C(=O)O. The highest BCUT2D eigenvalue weighted by Crippen LogP contribution is 2.26. The van der Waals surface area contributed by atoms with Crippen LogP contribution in [0, 0.1) is 0 Å². The largest absolute Gasteiger partial charge is 0.573 e. The molecule has 1 aromatic heterocycles. The quantitative estimate of drug-likeness (QED) is 0.321. The second kappa shape index (κ2) is 11.9. The molecule has 2 aromatic carbocycles. The molecule has 0 aliphatic rings. The van der Waals surface area contributed by atoms with Crippen LogP contribution in [0.2, 0.25) is 0 Å². The Morgan fingerprint density at radius 2 is 1.82 bits per heavy atom. The minimum Gasteiger partial charge on any atom is -0.480 e. The molecule has 0 bridgehead atoms. The van der Waals surface area contributed by atoms with Crippen molar-refractivity contribution >= 4 is 40.4 Å². The van der Waals surface area contributed by atoms with E-state index in [1.165, 1.54) is 25.1 Å². The van der Waals surface area contributed by atoms with Crippen molar-refractivity contribution in [3.63, 3.8) is 0 Å². The van der Waals surface area contributed by atoms with Crippen molar-refractivity contribution < 1.29 is 37.4 Å². The molecule has 0 fully saturated rings. The van der Waals surface area contributed by atoms with Crippen LogP contribution in [0.1, 0.15) is 25.5 Å². The van der Waals surface area contributed by atoms with Gasteiger partial charge >= 0.3 is 12.3 Å². The summed E-state index contributed by atoms with van der Waals surface area (Å²) in [5, 5.41) is 22.1. The number of hydrogen-bond acceptors (Lipinski definition) is 8. The number of aliphatic carboxylic acids is 1. The summed E-state index contributed by atoms with van der Waals surface area (Å²) < 4.78 is 41.7. The van der Waals surface area contributed by atoms with Gasteiger partial charge in [-0.1, -0.05) is 23.4 Å². The molecule has 202 valence electrons. The van der Waals surface area contributed by atoms with E-state index >= 15 is 0 Å². The summed E-state index contributed by atoms with van der Waals surface area (Å²) >= 11 is 1.02. The molecule has 0 spiro atoms. The molecule has 15 heteroatoms. The Morgan fingerprint density at radius 3 is 2.42 bits per heavy atom. The maximum absolute atomic E-state index is 13.1. The van der Waals surface area contributed by atoms with Crippen molar-refractivity contribution in [2.45, 2.75) is 43.7 Å². The van der Waals surface area contributed by atoms with E-state index in [2.05, 4.69) is 25.7 Å². The molecule has 0 saturated heterocycles. The van der Waals surface area contributed by atoms with Crippen LogP contribution in [-0.2, 0) is 20.9 Å². The molecule has 0 aliphatic heterocycles. The Balaban J connectivity index is 1.73. The van der Waals surface area contributed by atoms with E-state index in [-0.39, 0.29) is 16.7 Å². The van der Waals surface area contributed by atoms with Gasteiger partial charge in [-0.25, -0.2) is 9.48 Å². The van der Waals surface area contributed by atoms with Gasteiger partial charge in [0.05, 0.1) is 11.4 Å². The summed E-state index contributed by atoms with van der Waals surface area (Å²) in [5.74, 6) is -2.84. The first kappa shape index (κ1) is 28.4. The zero-order valence-corrected chi connectivity index (χ0v) is 20.8. The first-order chi connectivity index (χ1) is 17.8. The number of carbonyl (C=O) groups excluding carboxylic acids is 2. The van der Waals surface area contributed by atoms with Crippen molar-refractivity contribution in [1.29, 1.82) is 0 Å². The van der Waals surface area contributed by atoms with Crippen LogP contribution in [0.5, 0.6) is 5.75 Å². The lowest BCUT2D eigenvalue weighted by Crippen LogP contribution is -2.41. The van der Waals surface area contributed by atoms with E-state index < -0.39 is 54.1 Å². The average molecular weight is 554 g/mol. The molecule has 3 N–H and O–H groups in total. The van der Waals surface area contributed by atoms with Crippen molar-refractivity contribution in [3.8, 4) is 5.75 Å². The number of benzene rings is 2. The Kier molecular flexibility index (Phi) is 8.93. The standard InChI is InChI=1S/C23H22F3N5O6S/c1-12(14-6-8-15(9-7-14)37-23(24,25)26)27-19(33)10-31-21(34)20-16(29-30-31)4-3-5-18(20)38-11-17(22(35)36)28-13(2)32/h3-9,12,17H,10-11H2,1-2H3,(H,27,33)(H,28,32)(H,35,36)/t12-,17?/m0/s1. The third-order valence-corrected chi connectivity index (χ3v) is 6.23. The molecule has 0 radical (unpaired) electrons. The first-order valence-electron chi connectivity index (χ1n) is 11.0. The second-order valence-corrected chi connectivity index (χ2v) is 9.07. The van der Waals surface area contributed by atoms with Crippen LogP contribution in [-0.4, -0.2) is 56.0 Å². The van der Waals surface area contributed by atoms with E-state index in [9.17, 15) is 37.5 Å². The number of amides is 2. The lowest BCUT2D eigenvalue weighted by molar-refractivity contribution is -0.274. The van der Waals surface area contributed by atoms with Crippen LogP contribution in [0.15, 0.2) is 52.2 Å². The molecule has 0 aliphatic carbocycles. The summed E-state index contributed by atoms with van der Waals surface area (Å²) in [5.41, 5.74) is 0.0919. The van der Waals surface area contributed by atoms with Gasteiger partial charge in [0.25, 0.3) is 5.56 Å². The topological polar surface area (TPSA) is 153 Å². The lowest BCUT2D eigenvalue weighted by Gasteiger charge is -2.16. The number of hydrogen-bond donors (Lipinski definition) is 3. The maximum Gasteiger partial charge on any atom is 0.573 e. The smallest absolute Gasteiger partial charge is 0.480 e. The molecule has 11 nitrogen and oxygen atoms in total. The number of nitrogens with one attached hydrogen (secondary N) is 2. The zero-order valence-electron chi connectivity index (χ0n) is 20.0. The predicted octanol–water partition coefficient (Wildman–Crippen LogP) is 2.25. The van der Waals surface area contributed by atoms with Crippen molar-refractivity contribution in [2.75, 3.05) is 5.75 Å². The van der Waals surface area contributed by atoms with Crippen LogP contribution in [0.3, 0.4) is 0 Å². The molecule has 3 rings (SSSR count). The van der Waals surface area contributed by atoms with Gasteiger partial charge in [0.1, 0.15) is 23.9 Å². The summed E-state index contributed by atoms with van der Waals surface area (Å²) in [6.07, 6.45) is -4.82. The van der Waals surface area contributed by atoms with Gasteiger partial charge in [0, 0.05) is 17.6 Å². The minimum atomic E-state index is -4.82. The van der Waals surface area contributed by atoms with Crippen molar-refractivity contribution in [1.82, 2.24) is 25.6 Å². The molecule has 2 amide bonds. The van der Waals surface area contributed by atoms with Gasteiger partial charge in [-0.15, -0.1) is 30.0 Å². The fraction of sp³-hybridized carbons (Fsp3) is 0.304. The number of carboxylic acids is 1. The third-order valence-electron chi connectivity index (χ3n) is 5.08. The second-order valence-electron chi connectivity index (χ2n) is 8.01. The number of carbonyl (C=O) groups is 3. The first-order valence-corrected chi connectivity index (χ1v) is 12.0. The summed E-state index contributed by atoms with van der Waals surface area (Å²) in [6, 6.07) is 7.89.